The maximum atomic E-state index is 11.6. The van der Waals surface area contributed by atoms with Crippen LogP contribution in [0.2, 0.25) is 0 Å². The summed E-state index contributed by atoms with van der Waals surface area (Å²) < 4.78 is 6.06. The van der Waals surface area contributed by atoms with Crippen LogP contribution in [0.5, 0.6) is 0 Å². The zero-order chi connectivity index (χ0) is 13.1. The van der Waals surface area contributed by atoms with Gasteiger partial charge in [0.15, 0.2) is 0 Å². The van der Waals surface area contributed by atoms with Crippen molar-refractivity contribution in [3.63, 3.8) is 0 Å². The number of hydrogen-bond donors (Lipinski definition) is 1. The van der Waals surface area contributed by atoms with Gasteiger partial charge in [0.2, 0.25) is 0 Å². The molecule has 1 amide bonds. The molecule has 5 heteroatoms. The molecule has 1 unspecified atom stereocenters. The number of alkyl carbamates (subject to hydrolysis) is 1. The van der Waals surface area contributed by atoms with Crippen LogP contribution in [-0.4, -0.2) is 16.7 Å². The Hall–Kier alpha value is -1.10. The van der Waals surface area contributed by atoms with Crippen LogP contribution in [0, 0.1) is 0 Å². The van der Waals surface area contributed by atoms with Crippen molar-refractivity contribution in [3.8, 4) is 0 Å². The van der Waals surface area contributed by atoms with Gasteiger partial charge in [-0.05, 0) is 55.3 Å². The predicted molar refractivity (Wildman–Crippen MR) is 69.7 cm³/mol. The lowest BCUT2D eigenvalue weighted by Crippen LogP contribution is -2.34. The van der Waals surface area contributed by atoms with Crippen LogP contribution >= 0.6 is 15.9 Å². The van der Waals surface area contributed by atoms with Gasteiger partial charge in [-0.1, -0.05) is 0 Å². The van der Waals surface area contributed by atoms with E-state index in [0.29, 0.717) is 0 Å². The van der Waals surface area contributed by atoms with E-state index < -0.39 is 11.7 Å². The molecule has 0 aliphatic rings. The highest BCUT2D eigenvalue weighted by atomic mass is 79.9. The fourth-order valence-electron chi connectivity index (χ4n) is 1.23. The van der Waals surface area contributed by atoms with E-state index in [1.54, 1.807) is 12.4 Å². The Morgan fingerprint density at radius 3 is 2.65 bits per heavy atom. The Morgan fingerprint density at radius 1 is 1.47 bits per heavy atom. The number of nitrogens with one attached hydrogen (secondary N) is 1. The molecule has 0 fully saturated rings. The van der Waals surface area contributed by atoms with E-state index in [0.717, 1.165) is 10.0 Å². The number of rotatable bonds is 2. The van der Waals surface area contributed by atoms with Crippen molar-refractivity contribution in [1.82, 2.24) is 10.3 Å². The summed E-state index contributed by atoms with van der Waals surface area (Å²) in [7, 11) is 0. The van der Waals surface area contributed by atoms with Crippen LogP contribution in [0.1, 0.15) is 39.3 Å². The largest absolute Gasteiger partial charge is 0.444 e. The van der Waals surface area contributed by atoms with E-state index in [4.69, 9.17) is 4.74 Å². The molecule has 0 radical (unpaired) electrons. The first kappa shape index (κ1) is 14.0. The summed E-state index contributed by atoms with van der Waals surface area (Å²) in [5.41, 5.74) is 0.435. The maximum absolute atomic E-state index is 11.6. The van der Waals surface area contributed by atoms with Crippen molar-refractivity contribution in [2.24, 2.45) is 0 Å². The van der Waals surface area contributed by atoms with Crippen molar-refractivity contribution >= 4 is 22.0 Å². The molecule has 94 valence electrons. The van der Waals surface area contributed by atoms with Gasteiger partial charge in [0.1, 0.15) is 5.60 Å². The average molecular weight is 301 g/mol. The third-order valence-corrected chi connectivity index (χ3v) is 2.39. The highest BCUT2D eigenvalue weighted by molar-refractivity contribution is 9.10. The molecule has 1 atom stereocenters. The summed E-state index contributed by atoms with van der Waals surface area (Å²) in [5, 5.41) is 2.76. The lowest BCUT2D eigenvalue weighted by Gasteiger charge is -2.22. The van der Waals surface area contributed by atoms with E-state index in [1.807, 2.05) is 33.8 Å². The number of aromatic nitrogens is 1. The van der Waals surface area contributed by atoms with Crippen molar-refractivity contribution in [1.29, 1.82) is 0 Å². The summed E-state index contributed by atoms with van der Waals surface area (Å²) in [6.07, 6.45) is 2.99. The van der Waals surface area contributed by atoms with Gasteiger partial charge < -0.3 is 10.1 Å². The fraction of sp³-hybridized carbons (Fsp3) is 0.500. The molecule has 0 saturated carbocycles. The SMILES string of the molecule is CC(NC(=O)OC(C)(C)C)c1cncc(Br)c1. The van der Waals surface area contributed by atoms with Gasteiger partial charge in [-0.2, -0.15) is 0 Å². The third kappa shape index (κ3) is 5.17. The number of nitrogens with zero attached hydrogens (tertiary/aromatic N) is 1. The van der Waals surface area contributed by atoms with Crippen molar-refractivity contribution in [2.45, 2.75) is 39.3 Å². The van der Waals surface area contributed by atoms with Crippen LogP contribution < -0.4 is 5.32 Å². The van der Waals surface area contributed by atoms with E-state index in [1.165, 1.54) is 0 Å². The van der Waals surface area contributed by atoms with Crippen LogP contribution in [-0.2, 0) is 4.74 Å². The van der Waals surface area contributed by atoms with Crippen molar-refractivity contribution < 1.29 is 9.53 Å². The molecule has 1 heterocycles. The second-order valence-corrected chi connectivity index (χ2v) is 5.72. The summed E-state index contributed by atoms with van der Waals surface area (Å²) in [6.45, 7) is 7.38. The maximum Gasteiger partial charge on any atom is 0.408 e. The lowest BCUT2D eigenvalue weighted by atomic mass is 10.1. The Labute approximate surface area is 110 Å². The first-order valence-corrected chi connectivity index (χ1v) is 6.17. The molecule has 0 aliphatic heterocycles. The summed E-state index contributed by atoms with van der Waals surface area (Å²) >= 11 is 3.34. The van der Waals surface area contributed by atoms with E-state index in [9.17, 15) is 4.79 Å². The van der Waals surface area contributed by atoms with Gasteiger partial charge in [0.05, 0.1) is 6.04 Å². The number of carbonyl (C=O) groups excluding carboxylic acids is 1. The van der Waals surface area contributed by atoms with Gasteiger partial charge in [0.25, 0.3) is 0 Å². The van der Waals surface area contributed by atoms with Crippen molar-refractivity contribution in [2.75, 3.05) is 0 Å². The number of amides is 1. The number of hydrogen-bond acceptors (Lipinski definition) is 3. The quantitative estimate of drug-likeness (QED) is 0.910. The van der Waals surface area contributed by atoms with Gasteiger partial charge in [-0.25, -0.2) is 4.79 Å². The molecule has 0 saturated heterocycles. The minimum absolute atomic E-state index is 0.144. The second kappa shape index (κ2) is 5.49. The Morgan fingerprint density at radius 2 is 2.12 bits per heavy atom. The molecule has 0 aliphatic carbocycles. The summed E-state index contributed by atoms with van der Waals surface area (Å²) in [4.78, 5) is 15.6. The smallest absolute Gasteiger partial charge is 0.408 e. The Balaban J connectivity index is 2.61. The molecule has 1 aromatic rings. The van der Waals surface area contributed by atoms with Crippen molar-refractivity contribution in [3.05, 3.63) is 28.5 Å². The molecule has 17 heavy (non-hydrogen) atoms. The van der Waals surface area contributed by atoms with Gasteiger partial charge >= 0.3 is 6.09 Å². The zero-order valence-corrected chi connectivity index (χ0v) is 12.0. The molecule has 1 N–H and O–H groups in total. The standard InChI is InChI=1S/C12H17BrN2O2/c1-8(9-5-10(13)7-14-6-9)15-11(16)17-12(2,3)4/h5-8H,1-4H3,(H,15,16). The van der Waals surface area contributed by atoms with Crippen LogP contribution in [0.25, 0.3) is 0 Å². The van der Waals surface area contributed by atoms with Crippen LogP contribution in [0.15, 0.2) is 22.9 Å². The Kier molecular flexibility index (Phi) is 4.51. The van der Waals surface area contributed by atoms with E-state index in [2.05, 4.69) is 26.2 Å². The monoisotopic (exact) mass is 300 g/mol. The zero-order valence-electron chi connectivity index (χ0n) is 10.5. The molecule has 4 nitrogen and oxygen atoms in total. The van der Waals surface area contributed by atoms with Gasteiger partial charge in [-0.15, -0.1) is 0 Å². The third-order valence-electron chi connectivity index (χ3n) is 1.96. The normalized spacial score (nSPS) is 13.0. The number of halogens is 1. The first-order chi connectivity index (χ1) is 7.78. The highest BCUT2D eigenvalue weighted by Crippen LogP contribution is 2.17. The molecule has 0 bridgehead atoms. The van der Waals surface area contributed by atoms with Crippen LogP contribution in [0.4, 0.5) is 4.79 Å². The molecule has 1 rings (SSSR count). The Bertz CT molecular complexity index is 402. The summed E-state index contributed by atoms with van der Waals surface area (Å²) in [6, 6.07) is 1.77. The number of ether oxygens (including phenoxy) is 1. The average Bonchev–Trinajstić information content (AvgIpc) is 2.14. The van der Waals surface area contributed by atoms with Gasteiger partial charge in [-0.3, -0.25) is 4.98 Å². The second-order valence-electron chi connectivity index (χ2n) is 4.80. The predicted octanol–water partition coefficient (Wildman–Crippen LogP) is 3.43. The van der Waals surface area contributed by atoms with Gasteiger partial charge in [0, 0.05) is 16.9 Å². The molecule has 0 spiro atoms. The number of carbonyl (C=O) groups is 1. The molecule has 0 aromatic carbocycles. The molecular formula is C12H17BrN2O2. The first-order valence-electron chi connectivity index (χ1n) is 5.38. The van der Waals surface area contributed by atoms with Crippen LogP contribution in [0.3, 0.4) is 0 Å². The minimum atomic E-state index is -0.487. The topological polar surface area (TPSA) is 51.2 Å². The highest BCUT2D eigenvalue weighted by Gasteiger charge is 2.18. The molecular weight excluding hydrogens is 284 g/mol. The van der Waals surface area contributed by atoms with E-state index >= 15 is 0 Å². The van der Waals surface area contributed by atoms with E-state index in [-0.39, 0.29) is 6.04 Å². The minimum Gasteiger partial charge on any atom is -0.444 e. The summed E-state index contributed by atoms with van der Waals surface area (Å²) in [5.74, 6) is 0. The number of pyridine rings is 1. The lowest BCUT2D eigenvalue weighted by molar-refractivity contribution is 0.0508. The fourth-order valence-corrected chi connectivity index (χ4v) is 1.62. The molecule has 1 aromatic heterocycles.